The first-order valence-corrected chi connectivity index (χ1v) is 8.78. The minimum absolute atomic E-state index is 0.442. The molecule has 1 amide bonds. The molecule has 2 aromatic rings. The quantitative estimate of drug-likeness (QED) is 0.610. The van der Waals surface area contributed by atoms with Crippen LogP contribution in [0.2, 0.25) is 0 Å². The van der Waals surface area contributed by atoms with E-state index in [2.05, 4.69) is 5.32 Å². The first-order valence-electron chi connectivity index (χ1n) is 8.78. The second-order valence-corrected chi connectivity index (χ2v) is 6.03. The summed E-state index contributed by atoms with van der Waals surface area (Å²) in [4.78, 5) is 24.2. The molecule has 7 nitrogen and oxygen atoms in total. The SMILES string of the molecule is COc1ccc(/C=C/C(=O)O[C@H](C)C(=O)Nc2ccc3c(c2)OCCO3)cc1. The predicted molar refractivity (Wildman–Crippen MR) is 104 cm³/mol. The van der Waals surface area contributed by atoms with Crippen LogP contribution in [-0.2, 0) is 14.3 Å². The van der Waals surface area contributed by atoms with Crippen molar-refractivity contribution in [3.8, 4) is 17.2 Å². The minimum atomic E-state index is -0.957. The molecule has 0 aliphatic carbocycles. The Labute approximate surface area is 162 Å². The summed E-state index contributed by atoms with van der Waals surface area (Å²) in [5.41, 5.74) is 1.34. The third-order valence-electron chi connectivity index (χ3n) is 4.00. The van der Waals surface area contributed by atoms with E-state index in [1.54, 1.807) is 55.7 Å². The van der Waals surface area contributed by atoms with Crippen LogP contribution in [-0.4, -0.2) is 38.3 Å². The molecule has 2 aromatic carbocycles. The van der Waals surface area contributed by atoms with Gasteiger partial charge in [-0.2, -0.15) is 0 Å². The van der Waals surface area contributed by atoms with Crippen LogP contribution in [0.5, 0.6) is 17.2 Å². The number of amides is 1. The lowest BCUT2D eigenvalue weighted by molar-refractivity contribution is -0.148. The van der Waals surface area contributed by atoms with Crippen LogP contribution in [0.15, 0.2) is 48.5 Å². The van der Waals surface area contributed by atoms with Gasteiger partial charge in [0.25, 0.3) is 5.91 Å². The number of carbonyl (C=O) groups excluding carboxylic acids is 2. The molecule has 3 rings (SSSR count). The van der Waals surface area contributed by atoms with Crippen molar-refractivity contribution in [2.24, 2.45) is 0 Å². The van der Waals surface area contributed by atoms with Crippen molar-refractivity contribution in [2.75, 3.05) is 25.6 Å². The molecule has 0 aromatic heterocycles. The molecule has 1 aliphatic heterocycles. The van der Waals surface area contributed by atoms with Gasteiger partial charge >= 0.3 is 5.97 Å². The van der Waals surface area contributed by atoms with Crippen LogP contribution in [0.3, 0.4) is 0 Å². The molecule has 28 heavy (non-hydrogen) atoms. The fourth-order valence-electron chi connectivity index (χ4n) is 2.51. The molecule has 0 radical (unpaired) electrons. The van der Waals surface area contributed by atoms with Gasteiger partial charge in [0.15, 0.2) is 17.6 Å². The summed E-state index contributed by atoms with van der Waals surface area (Å²) in [5.74, 6) is 0.871. The smallest absolute Gasteiger partial charge is 0.331 e. The Kier molecular flexibility index (Phi) is 6.16. The number of hydrogen-bond acceptors (Lipinski definition) is 6. The number of methoxy groups -OCH3 is 1. The Morgan fingerprint density at radius 1 is 1.07 bits per heavy atom. The third-order valence-corrected chi connectivity index (χ3v) is 4.00. The van der Waals surface area contributed by atoms with Crippen molar-refractivity contribution in [3.63, 3.8) is 0 Å². The molecule has 1 heterocycles. The molecule has 0 spiro atoms. The third kappa shape index (κ3) is 5.03. The lowest BCUT2D eigenvalue weighted by atomic mass is 10.2. The van der Waals surface area contributed by atoms with Gasteiger partial charge in [0.2, 0.25) is 0 Å². The molecule has 7 heteroatoms. The number of rotatable bonds is 6. The maximum Gasteiger partial charge on any atom is 0.331 e. The zero-order valence-electron chi connectivity index (χ0n) is 15.6. The highest BCUT2D eigenvalue weighted by molar-refractivity contribution is 5.96. The van der Waals surface area contributed by atoms with Gasteiger partial charge in [-0.25, -0.2) is 4.79 Å². The summed E-state index contributed by atoms with van der Waals surface area (Å²) in [6.07, 6.45) is 1.92. The normalized spacial score (nSPS) is 13.6. The maximum absolute atomic E-state index is 12.3. The van der Waals surface area contributed by atoms with Crippen LogP contribution >= 0.6 is 0 Å². The van der Waals surface area contributed by atoms with Crippen LogP contribution in [0.1, 0.15) is 12.5 Å². The number of benzene rings is 2. The van der Waals surface area contributed by atoms with Gasteiger partial charge in [0.05, 0.1) is 7.11 Å². The Morgan fingerprint density at radius 3 is 2.50 bits per heavy atom. The number of hydrogen-bond donors (Lipinski definition) is 1. The van der Waals surface area contributed by atoms with Gasteiger partial charge in [0.1, 0.15) is 19.0 Å². The largest absolute Gasteiger partial charge is 0.497 e. The second-order valence-electron chi connectivity index (χ2n) is 6.03. The number of anilines is 1. The lowest BCUT2D eigenvalue weighted by Crippen LogP contribution is -2.29. The summed E-state index contributed by atoms with van der Waals surface area (Å²) in [5, 5.41) is 2.69. The standard InChI is InChI=1S/C21H21NO6/c1-14(28-20(23)10-5-15-3-7-17(25-2)8-4-15)21(24)22-16-6-9-18-19(13-16)27-12-11-26-18/h3-10,13-14H,11-12H2,1-2H3,(H,22,24)/b10-5+/t14-/m1/s1. The highest BCUT2D eigenvalue weighted by Gasteiger charge is 2.18. The Hall–Kier alpha value is -3.48. The maximum atomic E-state index is 12.3. The van der Waals surface area contributed by atoms with Gasteiger partial charge in [-0.05, 0) is 42.8 Å². The summed E-state index contributed by atoms with van der Waals surface area (Å²) in [6, 6.07) is 12.3. The van der Waals surface area contributed by atoms with Crippen LogP contribution < -0.4 is 19.5 Å². The van der Waals surface area contributed by atoms with E-state index in [9.17, 15) is 9.59 Å². The van der Waals surface area contributed by atoms with Gasteiger partial charge in [-0.15, -0.1) is 0 Å². The van der Waals surface area contributed by atoms with Crippen molar-refractivity contribution < 1.29 is 28.5 Å². The van der Waals surface area contributed by atoms with Crippen LogP contribution in [0.4, 0.5) is 5.69 Å². The minimum Gasteiger partial charge on any atom is -0.497 e. The van der Waals surface area contributed by atoms with E-state index in [1.807, 2.05) is 0 Å². The Balaban J connectivity index is 1.53. The second kappa shape index (κ2) is 8.94. The number of ether oxygens (including phenoxy) is 4. The van der Waals surface area contributed by atoms with Gasteiger partial charge in [-0.3, -0.25) is 4.79 Å². The number of esters is 1. The van der Waals surface area contributed by atoms with Crippen LogP contribution in [0, 0.1) is 0 Å². The van der Waals surface area contributed by atoms with E-state index in [0.29, 0.717) is 30.4 Å². The van der Waals surface area contributed by atoms with E-state index in [-0.39, 0.29) is 0 Å². The molecule has 0 unspecified atom stereocenters. The van der Waals surface area contributed by atoms with E-state index in [4.69, 9.17) is 18.9 Å². The first-order chi connectivity index (χ1) is 13.5. The van der Waals surface area contributed by atoms with E-state index < -0.39 is 18.0 Å². The fraction of sp³-hybridized carbons (Fsp3) is 0.238. The predicted octanol–water partition coefficient (Wildman–Crippen LogP) is 3.05. The molecule has 1 aliphatic rings. The van der Waals surface area contributed by atoms with Crippen molar-refractivity contribution in [3.05, 3.63) is 54.1 Å². The summed E-state index contributed by atoms with van der Waals surface area (Å²) >= 11 is 0. The summed E-state index contributed by atoms with van der Waals surface area (Å²) in [6.45, 7) is 2.46. The molecular formula is C21H21NO6. The summed E-state index contributed by atoms with van der Waals surface area (Å²) in [7, 11) is 1.58. The van der Waals surface area contributed by atoms with Crippen molar-refractivity contribution in [1.82, 2.24) is 0 Å². The van der Waals surface area contributed by atoms with Gasteiger partial charge < -0.3 is 24.3 Å². The Morgan fingerprint density at radius 2 is 1.79 bits per heavy atom. The highest BCUT2D eigenvalue weighted by Crippen LogP contribution is 2.32. The van der Waals surface area contributed by atoms with Crippen molar-refractivity contribution >= 4 is 23.6 Å². The number of nitrogens with one attached hydrogen (secondary N) is 1. The van der Waals surface area contributed by atoms with Crippen LogP contribution in [0.25, 0.3) is 6.08 Å². The molecule has 1 atom stereocenters. The zero-order chi connectivity index (χ0) is 19.9. The molecular weight excluding hydrogens is 362 g/mol. The van der Waals surface area contributed by atoms with E-state index in [1.165, 1.54) is 13.0 Å². The zero-order valence-corrected chi connectivity index (χ0v) is 15.6. The highest BCUT2D eigenvalue weighted by atomic mass is 16.6. The van der Waals surface area contributed by atoms with Crippen molar-refractivity contribution in [2.45, 2.75) is 13.0 Å². The van der Waals surface area contributed by atoms with Gasteiger partial charge in [0, 0.05) is 17.8 Å². The van der Waals surface area contributed by atoms with Crippen molar-refractivity contribution in [1.29, 1.82) is 0 Å². The molecule has 146 valence electrons. The molecule has 0 bridgehead atoms. The Bertz CT molecular complexity index is 875. The number of carbonyl (C=O) groups is 2. The topological polar surface area (TPSA) is 83.1 Å². The summed E-state index contributed by atoms with van der Waals surface area (Å²) < 4.78 is 21.1. The molecule has 0 saturated heterocycles. The average molecular weight is 383 g/mol. The lowest BCUT2D eigenvalue weighted by Gasteiger charge is -2.19. The first kappa shape index (κ1) is 19.3. The molecule has 1 N–H and O–H groups in total. The molecule has 0 fully saturated rings. The van der Waals surface area contributed by atoms with Gasteiger partial charge in [-0.1, -0.05) is 12.1 Å². The van der Waals surface area contributed by atoms with E-state index in [0.717, 1.165) is 11.3 Å². The molecule has 0 saturated carbocycles. The van der Waals surface area contributed by atoms with E-state index >= 15 is 0 Å². The number of fused-ring (bicyclic) bond motifs is 1. The average Bonchev–Trinajstić information content (AvgIpc) is 2.72. The monoisotopic (exact) mass is 383 g/mol. The fourth-order valence-corrected chi connectivity index (χ4v) is 2.51.